The lowest BCUT2D eigenvalue weighted by Gasteiger charge is -2.10. The fraction of sp³-hybridized carbons (Fsp3) is 0.333. The van der Waals surface area contributed by atoms with E-state index in [1.807, 2.05) is 0 Å². The molecule has 1 aliphatic rings. The summed E-state index contributed by atoms with van der Waals surface area (Å²) >= 11 is 2.67. The molecule has 35 heavy (non-hydrogen) atoms. The molecule has 0 aliphatic heterocycles. The van der Waals surface area contributed by atoms with Gasteiger partial charge < -0.3 is 14.8 Å². The molecule has 0 saturated carbocycles. The first-order chi connectivity index (χ1) is 17.0. The number of hydrogen-bond donors (Lipinski definition) is 1. The molecule has 1 aromatic carbocycles. The molecule has 11 heteroatoms. The van der Waals surface area contributed by atoms with Crippen LogP contribution in [0.15, 0.2) is 42.1 Å². The Labute approximate surface area is 210 Å². The van der Waals surface area contributed by atoms with Crippen LogP contribution < -0.4 is 10.1 Å². The third-order valence-electron chi connectivity index (χ3n) is 5.27. The standard InChI is InChI=1S/C24H25FN4O4S2/c1-3-12-29-19(13-33-16-10-8-15(25)9-11-16)27-28-24(29)34-14-20(30)26-22-21(23(31)32-4-2)17-6-5-7-18(17)35-22/h3,8-11H,1,4-7,12-14H2,2H3,(H,26,30). The number of ether oxygens (including phenoxy) is 2. The Hall–Kier alpha value is -3.18. The van der Waals surface area contributed by atoms with Crippen molar-refractivity contribution in [2.45, 2.75) is 44.5 Å². The molecule has 184 valence electrons. The molecule has 0 saturated heterocycles. The van der Waals surface area contributed by atoms with E-state index in [4.69, 9.17) is 9.47 Å². The maximum absolute atomic E-state index is 13.1. The molecular weight excluding hydrogens is 491 g/mol. The Kier molecular flexibility index (Phi) is 8.19. The van der Waals surface area contributed by atoms with Crippen LogP contribution >= 0.6 is 23.1 Å². The van der Waals surface area contributed by atoms with Gasteiger partial charge in [0, 0.05) is 11.4 Å². The van der Waals surface area contributed by atoms with Gasteiger partial charge in [0.2, 0.25) is 5.91 Å². The summed E-state index contributed by atoms with van der Waals surface area (Å²) in [6.45, 7) is 6.37. The molecule has 1 aliphatic carbocycles. The molecule has 0 radical (unpaired) electrons. The van der Waals surface area contributed by atoms with Gasteiger partial charge in [-0.2, -0.15) is 0 Å². The van der Waals surface area contributed by atoms with Crippen LogP contribution in [-0.2, 0) is 35.5 Å². The number of halogens is 1. The first-order valence-electron chi connectivity index (χ1n) is 11.2. The van der Waals surface area contributed by atoms with E-state index in [0.717, 1.165) is 29.7 Å². The van der Waals surface area contributed by atoms with Crippen LogP contribution in [0.5, 0.6) is 5.75 Å². The first-order valence-corrected chi connectivity index (χ1v) is 13.0. The summed E-state index contributed by atoms with van der Waals surface area (Å²) in [6, 6.07) is 5.71. The number of amides is 1. The van der Waals surface area contributed by atoms with Crippen LogP contribution in [-0.4, -0.2) is 39.0 Å². The largest absolute Gasteiger partial charge is 0.486 e. The van der Waals surface area contributed by atoms with E-state index in [2.05, 4.69) is 22.1 Å². The third kappa shape index (κ3) is 5.91. The normalized spacial score (nSPS) is 12.3. The predicted octanol–water partition coefficient (Wildman–Crippen LogP) is 4.64. The number of aromatic nitrogens is 3. The minimum Gasteiger partial charge on any atom is -0.486 e. The molecule has 0 unspecified atom stereocenters. The number of nitrogens with one attached hydrogen (secondary N) is 1. The quantitative estimate of drug-likeness (QED) is 0.225. The molecule has 2 aromatic heterocycles. The average molecular weight is 517 g/mol. The van der Waals surface area contributed by atoms with Gasteiger partial charge in [-0.3, -0.25) is 9.36 Å². The summed E-state index contributed by atoms with van der Waals surface area (Å²) in [5, 5.41) is 12.3. The van der Waals surface area contributed by atoms with E-state index in [-0.39, 0.29) is 30.7 Å². The molecule has 1 amide bonds. The van der Waals surface area contributed by atoms with E-state index >= 15 is 0 Å². The van der Waals surface area contributed by atoms with Crippen molar-refractivity contribution in [1.82, 2.24) is 14.8 Å². The number of benzene rings is 1. The maximum Gasteiger partial charge on any atom is 0.341 e. The summed E-state index contributed by atoms with van der Waals surface area (Å²) in [5.74, 6) is 0.151. The topological polar surface area (TPSA) is 95.3 Å². The van der Waals surface area contributed by atoms with Crippen LogP contribution in [0.1, 0.15) is 40.0 Å². The SMILES string of the molecule is C=CCn1c(COc2ccc(F)cc2)nnc1SCC(=O)Nc1sc2c(c1C(=O)OCC)CCC2. The summed E-state index contributed by atoms with van der Waals surface area (Å²) < 4.78 is 25.8. The molecule has 0 fully saturated rings. The second-order valence-electron chi connectivity index (χ2n) is 7.66. The highest BCUT2D eigenvalue weighted by Gasteiger charge is 2.28. The molecule has 4 rings (SSSR count). The predicted molar refractivity (Wildman–Crippen MR) is 133 cm³/mol. The summed E-state index contributed by atoms with van der Waals surface area (Å²) in [6.07, 6.45) is 4.43. The number of allylic oxidation sites excluding steroid dienone is 1. The Morgan fingerprint density at radius 1 is 1.29 bits per heavy atom. The number of thioether (sulfide) groups is 1. The lowest BCUT2D eigenvalue weighted by molar-refractivity contribution is -0.113. The zero-order valence-electron chi connectivity index (χ0n) is 19.2. The minimum absolute atomic E-state index is 0.0823. The summed E-state index contributed by atoms with van der Waals surface area (Å²) in [7, 11) is 0. The van der Waals surface area contributed by atoms with E-state index in [0.29, 0.717) is 33.8 Å². The Morgan fingerprint density at radius 2 is 2.09 bits per heavy atom. The van der Waals surface area contributed by atoms with E-state index in [9.17, 15) is 14.0 Å². The maximum atomic E-state index is 13.1. The van der Waals surface area contributed by atoms with Crippen LogP contribution in [0, 0.1) is 5.82 Å². The zero-order chi connectivity index (χ0) is 24.8. The van der Waals surface area contributed by atoms with Gasteiger partial charge in [0.05, 0.1) is 17.9 Å². The number of hydrogen-bond acceptors (Lipinski definition) is 8. The Morgan fingerprint density at radius 3 is 2.83 bits per heavy atom. The summed E-state index contributed by atoms with van der Waals surface area (Å²) in [5.41, 5.74) is 1.48. The highest BCUT2D eigenvalue weighted by atomic mass is 32.2. The molecular formula is C24H25FN4O4S2. The highest BCUT2D eigenvalue weighted by molar-refractivity contribution is 7.99. The number of rotatable bonds is 11. The highest BCUT2D eigenvalue weighted by Crippen LogP contribution is 2.39. The van der Waals surface area contributed by atoms with Gasteiger partial charge in [0.1, 0.15) is 23.2 Å². The molecule has 8 nitrogen and oxygen atoms in total. The van der Waals surface area contributed by atoms with Crippen molar-refractivity contribution in [2.75, 3.05) is 17.7 Å². The molecule has 0 atom stereocenters. The number of aryl methyl sites for hydroxylation is 1. The van der Waals surface area contributed by atoms with Crippen molar-refractivity contribution in [3.8, 4) is 5.75 Å². The number of fused-ring (bicyclic) bond motifs is 1. The van der Waals surface area contributed by atoms with Crippen molar-refractivity contribution in [3.05, 3.63) is 64.6 Å². The number of nitrogens with zero attached hydrogens (tertiary/aromatic N) is 3. The van der Waals surface area contributed by atoms with Crippen LogP contribution in [0.3, 0.4) is 0 Å². The van der Waals surface area contributed by atoms with E-state index in [1.54, 1.807) is 17.6 Å². The smallest absolute Gasteiger partial charge is 0.341 e. The van der Waals surface area contributed by atoms with Gasteiger partial charge >= 0.3 is 5.97 Å². The lowest BCUT2D eigenvalue weighted by atomic mass is 10.1. The van der Waals surface area contributed by atoms with Gasteiger partial charge in [0.25, 0.3) is 0 Å². The molecule has 0 bridgehead atoms. The fourth-order valence-corrected chi connectivity index (χ4v) is 5.79. The second kappa shape index (κ2) is 11.5. The van der Waals surface area contributed by atoms with Gasteiger partial charge in [-0.05, 0) is 56.0 Å². The number of anilines is 1. The van der Waals surface area contributed by atoms with Crippen molar-refractivity contribution >= 4 is 40.0 Å². The number of carbonyl (C=O) groups is 2. The van der Waals surface area contributed by atoms with E-state index in [1.165, 1.54) is 47.4 Å². The lowest BCUT2D eigenvalue weighted by Crippen LogP contribution is -2.17. The van der Waals surface area contributed by atoms with Crippen molar-refractivity contribution in [1.29, 1.82) is 0 Å². The van der Waals surface area contributed by atoms with Crippen molar-refractivity contribution in [3.63, 3.8) is 0 Å². The third-order valence-corrected chi connectivity index (χ3v) is 7.45. The molecule has 1 N–H and O–H groups in total. The number of esters is 1. The van der Waals surface area contributed by atoms with Crippen LogP contribution in [0.2, 0.25) is 0 Å². The molecule has 0 spiro atoms. The van der Waals surface area contributed by atoms with Crippen molar-refractivity contribution < 1.29 is 23.5 Å². The summed E-state index contributed by atoms with van der Waals surface area (Å²) in [4.78, 5) is 26.4. The van der Waals surface area contributed by atoms with Crippen molar-refractivity contribution in [2.24, 2.45) is 0 Å². The van der Waals surface area contributed by atoms with Gasteiger partial charge in [-0.15, -0.1) is 28.1 Å². The first kappa shape index (κ1) is 24.9. The number of carbonyl (C=O) groups excluding carboxylic acids is 2. The van der Waals surface area contributed by atoms with E-state index < -0.39 is 5.97 Å². The number of thiophene rings is 1. The Bertz CT molecular complexity index is 1220. The Balaban J connectivity index is 1.40. The van der Waals surface area contributed by atoms with Crippen LogP contribution in [0.4, 0.5) is 9.39 Å². The van der Waals surface area contributed by atoms with Gasteiger partial charge in [-0.1, -0.05) is 17.8 Å². The average Bonchev–Trinajstić information content (AvgIpc) is 3.53. The van der Waals surface area contributed by atoms with Crippen LogP contribution in [0.25, 0.3) is 0 Å². The fourth-order valence-electron chi connectivity index (χ4n) is 3.73. The second-order valence-corrected chi connectivity index (χ2v) is 9.71. The zero-order valence-corrected chi connectivity index (χ0v) is 20.8. The van der Waals surface area contributed by atoms with Gasteiger partial charge in [-0.25, -0.2) is 9.18 Å². The minimum atomic E-state index is -0.397. The molecule has 2 heterocycles. The van der Waals surface area contributed by atoms with Gasteiger partial charge in [0.15, 0.2) is 11.0 Å². The molecule has 3 aromatic rings. The monoisotopic (exact) mass is 516 g/mol.